The van der Waals surface area contributed by atoms with E-state index in [9.17, 15) is 0 Å². The van der Waals surface area contributed by atoms with Crippen molar-refractivity contribution in [2.75, 3.05) is 18.0 Å². The van der Waals surface area contributed by atoms with E-state index in [2.05, 4.69) is 24.8 Å². The van der Waals surface area contributed by atoms with E-state index in [0.717, 1.165) is 35.6 Å². The molecule has 1 aliphatic rings. The van der Waals surface area contributed by atoms with Gasteiger partial charge in [-0.3, -0.25) is 4.57 Å². The van der Waals surface area contributed by atoms with Crippen LogP contribution < -0.4 is 4.90 Å². The van der Waals surface area contributed by atoms with Gasteiger partial charge in [-0.1, -0.05) is 16.9 Å². The second-order valence-electron chi connectivity index (χ2n) is 6.94. The fourth-order valence-corrected chi connectivity index (χ4v) is 4.28. The molecular weight excluding hydrogens is 390 g/mol. The van der Waals surface area contributed by atoms with Gasteiger partial charge in [0.05, 0.1) is 24.8 Å². The molecule has 8 nitrogen and oxygen atoms in total. The van der Waals surface area contributed by atoms with Crippen molar-refractivity contribution in [2.45, 2.75) is 36.7 Å². The van der Waals surface area contributed by atoms with Crippen molar-refractivity contribution >= 4 is 17.7 Å². The zero-order chi connectivity index (χ0) is 19.5. The van der Waals surface area contributed by atoms with E-state index in [1.54, 1.807) is 24.3 Å². The van der Waals surface area contributed by atoms with Crippen LogP contribution in [-0.4, -0.2) is 33.0 Å². The highest BCUT2D eigenvalue weighted by atomic mass is 32.2. The van der Waals surface area contributed by atoms with Crippen molar-refractivity contribution in [3.63, 3.8) is 0 Å². The van der Waals surface area contributed by atoms with E-state index in [-0.39, 0.29) is 0 Å². The fraction of sp³-hybridized carbons (Fsp3) is 0.350. The number of hydrogen-bond acceptors (Lipinski definition) is 8. The molecule has 0 atom stereocenters. The van der Waals surface area contributed by atoms with Crippen LogP contribution in [0, 0.1) is 0 Å². The number of anilines is 1. The highest BCUT2D eigenvalue weighted by Gasteiger charge is 2.21. The Kier molecular flexibility index (Phi) is 5.12. The summed E-state index contributed by atoms with van der Waals surface area (Å²) < 4.78 is 18.4. The standard InChI is InChI=1S/C20H21N5O3S/c1-2-8-24(9-3-1)19-21-22-20(25(19)13-16-6-4-10-26-16)29-14-15-12-18(28-23-15)17-7-5-11-27-17/h4-7,10-12H,1-3,8-9,13-14H2. The van der Waals surface area contributed by atoms with Crippen molar-refractivity contribution in [3.8, 4) is 11.5 Å². The largest absolute Gasteiger partial charge is 0.467 e. The third kappa shape index (κ3) is 3.95. The number of nitrogens with zero attached hydrogens (tertiary/aromatic N) is 5. The molecule has 0 unspecified atom stereocenters. The van der Waals surface area contributed by atoms with Crippen LogP contribution in [0.3, 0.4) is 0 Å². The van der Waals surface area contributed by atoms with Gasteiger partial charge in [0, 0.05) is 24.9 Å². The van der Waals surface area contributed by atoms with Crippen molar-refractivity contribution in [2.24, 2.45) is 0 Å². The van der Waals surface area contributed by atoms with E-state index in [0.29, 0.717) is 23.8 Å². The number of aromatic nitrogens is 4. The van der Waals surface area contributed by atoms with Crippen LogP contribution in [-0.2, 0) is 12.3 Å². The summed E-state index contributed by atoms with van der Waals surface area (Å²) >= 11 is 1.59. The van der Waals surface area contributed by atoms with Crippen molar-refractivity contribution in [1.29, 1.82) is 0 Å². The summed E-state index contributed by atoms with van der Waals surface area (Å²) in [6.45, 7) is 2.62. The molecule has 5 heterocycles. The number of furan rings is 2. The van der Waals surface area contributed by atoms with Crippen molar-refractivity contribution in [1.82, 2.24) is 19.9 Å². The van der Waals surface area contributed by atoms with Crippen LogP contribution in [0.1, 0.15) is 30.7 Å². The van der Waals surface area contributed by atoms with Crippen molar-refractivity contribution < 1.29 is 13.4 Å². The average molecular weight is 411 g/mol. The maximum Gasteiger partial charge on any atom is 0.228 e. The quantitative estimate of drug-likeness (QED) is 0.412. The predicted octanol–water partition coefficient (Wildman–Crippen LogP) is 4.45. The third-order valence-electron chi connectivity index (χ3n) is 4.90. The van der Waals surface area contributed by atoms with E-state index in [4.69, 9.17) is 13.4 Å². The van der Waals surface area contributed by atoms with Gasteiger partial charge in [0.25, 0.3) is 0 Å². The van der Waals surface area contributed by atoms with Gasteiger partial charge < -0.3 is 18.3 Å². The van der Waals surface area contributed by atoms with Gasteiger partial charge in [-0.25, -0.2) is 0 Å². The molecule has 0 spiro atoms. The molecule has 150 valence electrons. The highest BCUT2D eigenvalue weighted by Crippen LogP contribution is 2.29. The number of rotatable bonds is 7. The summed E-state index contributed by atoms with van der Waals surface area (Å²) in [6.07, 6.45) is 6.95. The molecule has 1 aliphatic heterocycles. The molecule has 5 rings (SSSR count). The Morgan fingerprint density at radius 2 is 1.83 bits per heavy atom. The lowest BCUT2D eigenvalue weighted by Crippen LogP contribution is -2.32. The molecule has 1 fully saturated rings. The maximum atomic E-state index is 5.57. The smallest absolute Gasteiger partial charge is 0.228 e. The molecule has 0 saturated carbocycles. The van der Waals surface area contributed by atoms with Crippen LogP contribution >= 0.6 is 11.8 Å². The topological polar surface area (TPSA) is 86.3 Å². The predicted molar refractivity (Wildman–Crippen MR) is 108 cm³/mol. The number of hydrogen-bond donors (Lipinski definition) is 0. The first-order chi connectivity index (χ1) is 14.4. The molecule has 0 bridgehead atoms. The van der Waals surface area contributed by atoms with Crippen LogP contribution in [0.25, 0.3) is 11.5 Å². The summed E-state index contributed by atoms with van der Waals surface area (Å²) in [6, 6.07) is 9.44. The van der Waals surface area contributed by atoms with Crippen LogP contribution in [0.2, 0.25) is 0 Å². The first-order valence-electron chi connectivity index (χ1n) is 9.69. The average Bonchev–Trinajstić information content (AvgIpc) is 3.55. The highest BCUT2D eigenvalue weighted by molar-refractivity contribution is 7.98. The van der Waals surface area contributed by atoms with E-state index < -0.39 is 0 Å². The Morgan fingerprint density at radius 1 is 0.966 bits per heavy atom. The van der Waals surface area contributed by atoms with E-state index in [1.165, 1.54) is 19.3 Å². The summed E-state index contributed by atoms with van der Waals surface area (Å²) in [5.41, 5.74) is 0.827. The minimum atomic E-state index is 0.602. The molecule has 0 amide bonds. The van der Waals surface area contributed by atoms with E-state index in [1.807, 2.05) is 30.3 Å². The molecular formula is C20H21N5O3S. The van der Waals surface area contributed by atoms with Crippen LogP contribution in [0.15, 0.2) is 61.4 Å². The zero-order valence-corrected chi connectivity index (χ0v) is 16.7. The van der Waals surface area contributed by atoms with Gasteiger partial charge in [-0.15, -0.1) is 10.2 Å². The first-order valence-corrected chi connectivity index (χ1v) is 10.7. The molecule has 0 aliphatic carbocycles. The summed E-state index contributed by atoms with van der Waals surface area (Å²) in [5.74, 6) is 3.70. The second kappa shape index (κ2) is 8.20. The summed E-state index contributed by atoms with van der Waals surface area (Å²) in [5, 5.41) is 13.9. The van der Waals surface area contributed by atoms with Gasteiger partial charge in [0.1, 0.15) is 5.76 Å². The summed E-state index contributed by atoms with van der Waals surface area (Å²) in [4.78, 5) is 2.31. The molecule has 4 aromatic heterocycles. The third-order valence-corrected chi connectivity index (χ3v) is 5.90. The Morgan fingerprint density at radius 3 is 2.62 bits per heavy atom. The molecule has 4 aromatic rings. The molecule has 0 N–H and O–H groups in total. The minimum absolute atomic E-state index is 0.602. The number of piperidine rings is 1. The fourth-order valence-electron chi connectivity index (χ4n) is 3.47. The Bertz CT molecular complexity index is 1030. The summed E-state index contributed by atoms with van der Waals surface area (Å²) in [7, 11) is 0. The molecule has 1 saturated heterocycles. The van der Waals surface area contributed by atoms with Crippen LogP contribution in [0.5, 0.6) is 0 Å². The van der Waals surface area contributed by atoms with Gasteiger partial charge in [-0.05, 0) is 43.5 Å². The van der Waals surface area contributed by atoms with Crippen molar-refractivity contribution in [3.05, 3.63) is 54.3 Å². The van der Waals surface area contributed by atoms with E-state index >= 15 is 0 Å². The lowest BCUT2D eigenvalue weighted by Gasteiger charge is -2.27. The van der Waals surface area contributed by atoms with Gasteiger partial charge in [0.2, 0.25) is 11.7 Å². The molecule has 0 aromatic carbocycles. The lowest BCUT2D eigenvalue weighted by molar-refractivity contribution is 0.413. The van der Waals surface area contributed by atoms with Gasteiger partial charge in [0.15, 0.2) is 10.9 Å². The lowest BCUT2D eigenvalue weighted by atomic mass is 10.1. The van der Waals surface area contributed by atoms with Crippen LogP contribution in [0.4, 0.5) is 5.95 Å². The molecule has 29 heavy (non-hydrogen) atoms. The minimum Gasteiger partial charge on any atom is -0.467 e. The Balaban J connectivity index is 1.35. The monoisotopic (exact) mass is 411 g/mol. The molecule has 9 heteroatoms. The van der Waals surface area contributed by atoms with Gasteiger partial charge in [-0.2, -0.15) is 0 Å². The second-order valence-corrected chi connectivity index (χ2v) is 7.89. The Hall–Kier alpha value is -2.94. The number of thioether (sulfide) groups is 1. The zero-order valence-electron chi connectivity index (χ0n) is 15.9. The maximum absolute atomic E-state index is 5.57. The molecule has 0 radical (unpaired) electrons. The first kappa shape index (κ1) is 18.1. The SMILES string of the molecule is c1coc(Cn2c(SCc3cc(-c4ccco4)on3)nnc2N2CCCCC2)c1. The van der Waals surface area contributed by atoms with Gasteiger partial charge >= 0.3 is 0 Å². The Labute approximate surface area is 171 Å². The normalized spacial score (nSPS) is 14.6.